The predicted octanol–water partition coefficient (Wildman–Crippen LogP) is 1.19. The molecule has 1 N–H and O–H groups in total. The number of nitrogens with zero attached hydrogens (tertiary/aromatic N) is 3. The van der Waals surface area contributed by atoms with Crippen LogP contribution in [-0.4, -0.2) is 26.1 Å². The van der Waals surface area contributed by atoms with Gasteiger partial charge in [-0.2, -0.15) is 0 Å². The summed E-state index contributed by atoms with van der Waals surface area (Å²) in [5, 5.41) is 3.21. The van der Waals surface area contributed by atoms with Crippen molar-refractivity contribution in [1.82, 2.24) is 19.4 Å². The summed E-state index contributed by atoms with van der Waals surface area (Å²) < 4.78 is 2.30. The first kappa shape index (κ1) is 17.9. The topological polar surface area (TPSA) is 86.0 Å². The van der Waals surface area contributed by atoms with Crippen molar-refractivity contribution in [2.24, 2.45) is 20.0 Å². The molecule has 0 spiro atoms. The summed E-state index contributed by atoms with van der Waals surface area (Å²) in [6.07, 6.45) is 1.91. The molecule has 0 saturated carbocycles. The molecule has 1 unspecified atom stereocenters. The van der Waals surface area contributed by atoms with Crippen molar-refractivity contribution < 1.29 is 4.79 Å². The SMILES string of the molecule is CC(C)CCC(C)NC(=O)c1ccc2c(=O)n(C)c(=O)n(C)c2n1. The molecular weight excluding hydrogens is 308 g/mol. The molecule has 0 fully saturated rings. The zero-order valence-corrected chi connectivity index (χ0v) is 14.8. The Hall–Kier alpha value is -2.44. The molecule has 2 aromatic heterocycles. The Balaban J connectivity index is 2.32. The lowest BCUT2D eigenvalue weighted by Crippen LogP contribution is -2.38. The molecule has 24 heavy (non-hydrogen) atoms. The van der Waals surface area contributed by atoms with Crippen LogP contribution in [0.25, 0.3) is 11.0 Å². The van der Waals surface area contributed by atoms with Crippen LogP contribution in [0.2, 0.25) is 0 Å². The van der Waals surface area contributed by atoms with Gasteiger partial charge in [0.05, 0.1) is 5.39 Å². The van der Waals surface area contributed by atoms with Gasteiger partial charge in [-0.25, -0.2) is 9.78 Å². The van der Waals surface area contributed by atoms with E-state index in [9.17, 15) is 14.4 Å². The van der Waals surface area contributed by atoms with Gasteiger partial charge in [-0.3, -0.25) is 18.7 Å². The third kappa shape index (κ3) is 3.55. The lowest BCUT2D eigenvalue weighted by Gasteiger charge is -2.15. The lowest BCUT2D eigenvalue weighted by molar-refractivity contribution is 0.0932. The Kier molecular flexibility index (Phi) is 5.21. The minimum absolute atomic E-state index is 0.0323. The summed E-state index contributed by atoms with van der Waals surface area (Å²) in [6.45, 7) is 6.23. The number of rotatable bonds is 5. The number of carbonyl (C=O) groups excluding carboxylic acids is 1. The van der Waals surface area contributed by atoms with Gasteiger partial charge in [-0.05, 0) is 37.8 Å². The van der Waals surface area contributed by atoms with Crippen molar-refractivity contribution in [2.75, 3.05) is 0 Å². The molecule has 2 aromatic rings. The molecule has 0 radical (unpaired) electrons. The highest BCUT2D eigenvalue weighted by Crippen LogP contribution is 2.09. The summed E-state index contributed by atoms with van der Waals surface area (Å²) in [6, 6.07) is 3.08. The third-order valence-corrected chi connectivity index (χ3v) is 4.09. The van der Waals surface area contributed by atoms with Crippen molar-refractivity contribution in [3.8, 4) is 0 Å². The minimum Gasteiger partial charge on any atom is -0.348 e. The molecule has 0 aliphatic rings. The Labute approximate surface area is 140 Å². The number of nitrogens with one attached hydrogen (secondary N) is 1. The van der Waals surface area contributed by atoms with Crippen LogP contribution in [0.3, 0.4) is 0 Å². The second-order valence-corrected chi connectivity index (χ2v) is 6.62. The third-order valence-electron chi connectivity index (χ3n) is 4.09. The maximum absolute atomic E-state index is 12.3. The van der Waals surface area contributed by atoms with Crippen LogP contribution >= 0.6 is 0 Å². The molecule has 0 aliphatic heterocycles. The van der Waals surface area contributed by atoms with Gasteiger partial charge in [-0.15, -0.1) is 0 Å². The van der Waals surface area contributed by atoms with Gasteiger partial charge in [-0.1, -0.05) is 13.8 Å². The quantitative estimate of drug-likeness (QED) is 0.891. The second-order valence-electron chi connectivity index (χ2n) is 6.62. The maximum atomic E-state index is 12.3. The van der Waals surface area contributed by atoms with Gasteiger partial charge < -0.3 is 5.32 Å². The van der Waals surface area contributed by atoms with E-state index in [1.807, 2.05) is 6.92 Å². The Morgan fingerprint density at radius 3 is 2.42 bits per heavy atom. The molecule has 1 atom stereocenters. The van der Waals surface area contributed by atoms with E-state index in [1.165, 1.54) is 30.8 Å². The largest absolute Gasteiger partial charge is 0.348 e. The summed E-state index contributed by atoms with van der Waals surface area (Å²) >= 11 is 0. The van der Waals surface area contributed by atoms with Gasteiger partial charge >= 0.3 is 5.69 Å². The fourth-order valence-corrected chi connectivity index (χ4v) is 2.53. The molecule has 0 saturated heterocycles. The smallest absolute Gasteiger partial charge is 0.332 e. The Morgan fingerprint density at radius 1 is 1.12 bits per heavy atom. The fourth-order valence-electron chi connectivity index (χ4n) is 2.53. The van der Waals surface area contributed by atoms with Gasteiger partial charge in [0, 0.05) is 20.1 Å². The Morgan fingerprint density at radius 2 is 1.79 bits per heavy atom. The van der Waals surface area contributed by atoms with Crippen LogP contribution < -0.4 is 16.6 Å². The van der Waals surface area contributed by atoms with Gasteiger partial charge in [0.1, 0.15) is 11.3 Å². The summed E-state index contributed by atoms with van der Waals surface area (Å²) in [5.74, 6) is 0.273. The highest BCUT2D eigenvalue weighted by Gasteiger charge is 2.15. The molecule has 7 heteroatoms. The zero-order chi connectivity index (χ0) is 18.0. The van der Waals surface area contributed by atoms with Crippen molar-refractivity contribution in [1.29, 1.82) is 0 Å². The van der Waals surface area contributed by atoms with E-state index in [1.54, 1.807) is 0 Å². The van der Waals surface area contributed by atoms with Gasteiger partial charge in [0.2, 0.25) is 0 Å². The summed E-state index contributed by atoms with van der Waals surface area (Å²) in [4.78, 5) is 40.7. The molecule has 130 valence electrons. The zero-order valence-electron chi connectivity index (χ0n) is 14.8. The van der Waals surface area contributed by atoms with Crippen molar-refractivity contribution in [3.05, 3.63) is 38.7 Å². The Bertz CT molecular complexity index is 880. The fraction of sp³-hybridized carbons (Fsp3) is 0.529. The summed E-state index contributed by atoms with van der Waals surface area (Å²) in [7, 11) is 2.95. The molecular formula is C17H24N4O3. The standard InChI is InChI=1S/C17H24N4O3/c1-10(2)6-7-11(3)18-15(22)13-9-8-12-14(19-13)20(4)17(24)21(5)16(12)23/h8-11H,6-7H2,1-5H3,(H,18,22). The number of aryl methyl sites for hydroxylation is 1. The number of pyridine rings is 1. The predicted molar refractivity (Wildman–Crippen MR) is 93.2 cm³/mol. The van der Waals surface area contributed by atoms with E-state index in [0.29, 0.717) is 11.3 Å². The minimum atomic E-state index is -0.470. The van der Waals surface area contributed by atoms with Crippen LogP contribution in [0, 0.1) is 5.92 Å². The van der Waals surface area contributed by atoms with Crippen molar-refractivity contribution >= 4 is 16.9 Å². The normalized spacial score (nSPS) is 12.6. The van der Waals surface area contributed by atoms with E-state index in [2.05, 4.69) is 24.1 Å². The average molecular weight is 332 g/mol. The second kappa shape index (κ2) is 6.98. The van der Waals surface area contributed by atoms with Gasteiger partial charge in [0.15, 0.2) is 0 Å². The van der Waals surface area contributed by atoms with Crippen LogP contribution in [0.5, 0.6) is 0 Å². The van der Waals surface area contributed by atoms with E-state index >= 15 is 0 Å². The molecule has 0 aromatic carbocycles. The van der Waals surface area contributed by atoms with E-state index in [0.717, 1.165) is 17.4 Å². The average Bonchev–Trinajstić information content (AvgIpc) is 2.55. The molecule has 2 heterocycles. The molecule has 7 nitrogen and oxygen atoms in total. The lowest BCUT2D eigenvalue weighted by atomic mass is 10.0. The first-order valence-electron chi connectivity index (χ1n) is 8.10. The van der Waals surface area contributed by atoms with E-state index in [-0.39, 0.29) is 23.3 Å². The molecule has 0 bridgehead atoms. The summed E-state index contributed by atoms with van der Waals surface area (Å²) in [5.41, 5.74) is -0.478. The molecule has 0 aliphatic carbocycles. The first-order chi connectivity index (χ1) is 11.2. The first-order valence-corrected chi connectivity index (χ1v) is 8.10. The van der Waals surface area contributed by atoms with E-state index < -0.39 is 11.2 Å². The van der Waals surface area contributed by atoms with Crippen LogP contribution in [0.4, 0.5) is 0 Å². The van der Waals surface area contributed by atoms with Crippen LogP contribution in [0.1, 0.15) is 44.1 Å². The number of fused-ring (bicyclic) bond motifs is 1. The monoisotopic (exact) mass is 332 g/mol. The van der Waals surface area contributed by atoms with E-state index in [4.69, 9.17) is 0 Å². The number of hydrogen-bond acceptors (Lipinski definition) is 4. The molecule has 1 amide bonds. The van der Waals surface area contributed by atoms with Gasteiger partial charge in [0.25, 0.3) is 11.5 Å². The number of carbonyl (C=O) groups is 1. The number of amides is 1. The van der Waals surface area contributed by atoms with Crippen molar-refractivity contribution in [2.45, 2.75) is 39.7 Å². The molecule has 2 rings (SSSR count). The highest BCUT2D eigenvalue weighted by molar-refractivity contribution is 5.94. The number of aromatic nitrogens is 3. The number of hydrogen-bond donors (Lipinski definition) is 1. The van der Waals surface area contributed by atoms with Crippen molar-refractivity contribution in [3.63, 3.8) is 0 Å². The highest BCUT2D eigenvalue weighted by atomic mass is 16.2. The van der Waals surface area contributed by atoms with Crippen LogP contribution in [-0.2, 0) is 14.1 Å². The van der Waals surface area contributed by atoms with Crippen LogP contribution in [0.15, 0.2) is 21.7 Å². The maximum Gasteiger partial charge on any atom is 0.332 e.